The van der Waals surface area contributed by atoms with Gasteiger partial charge in [-0.15, -0.1) is 0 Å². The summed E-state index contributed by atoms with van der Waals surface area (Å²) in [5.41, 5.74) is -0.364. The van der Waals surface area contributed by atoms with Gasteiger partial charge in [-0.05, 0) is 0 Å². The molecule has 0 aliphatic rings. The molecule has 0 atom stereocenters. The monoisotopic (exact) mass is 179 g/mol. The Labute approximate surface area is 71.9 Å². The van der Waals surface area contributed by atoms with Gasteiger partial charge in [0.15, 0.2) is 0 Å². The fourth-order valence-electron chi connectivity index (χ4n) is 1.13. The molecule has 0 saturated heterocycles. The first kappa shape index (κ1) is 7.66. The number of aromatic amines is 2. The van der Waals surface area contributed by atoms with Crippen molar-refractivity contribution < 1.29 is 4.57 Å². The van der Waals surface area contributed by atoms with Crippen LogP contribution in [0.15, 0.2) is 22.0 Å². The number of H-pyrrole nitrogens is 2. The summed E-state index contributed by atoms with van der Waals surface area (Å²) in [6.45, 7) is 0. The van der Waals surface area contributed by atoms with E-state index in [2.05, 4.69) is 15.0 Å². The third-order valence-corrected chi connectivity index (χ3v) is 1.74. The summed E-state index contributed by atoms with van der Waals surface area (Å²) in [5.74, 6) is 0. The summed E-state index contributed by atoms with van der Waals surface area (Å²) < 4.78 is 1.62. The van der Waals surface area contributed by atoms with Crippen LogP contribution < -0.4 is 15.8 Å². The first-order valence-electron chi connectivity index (χ1n) is 3.65. The molecule has 6 heteroatoms. The van der Waals surface area contributed by atoms with E-state index in [1.807, 2.05) is 0 Å². The lowest BCUT2D eigenvalue weighted by Crippen LogP contribution is -2.35. The molecule has 0 bridgehead atoms. The van der Waals surface area contributed by atoms with Gasteiger partial charge in [0, 0.05) is 0 Å². The highest BCUT2D eigenvalue weighted by molar-refractivity contribution is 5.63. The fourth-order valence-corrected chi connectivity index (χ4v) is 1.13. The van der Waals surface area contributed by atoms with Crippen molar-refractivity contribution in [2.45, 2.75) is 0 Å². The van der Waals surface area contributed by atoms with Crippen molar-refractivity contribution in [2.75, 3.05) is 0 Å². The summed E-state index contributed by atoms with van der Waals surface area (Å²) in [4.78, 5) is 30.5. The second-order valence-electron chi connectivity index (χ2n) is 2.64. The molecule has 0 unspecified atom stereocenters. The van der Waals surface area contributed by atoms with E-state index >= 15 is 0 Å². The molecule has 0 fully saturated rings. The van der Waals surface area contributed by atoms with Crippen LogP contribution in [0.1, 0.15) is 0 Å². The molecule has 0 spiro atoms. The SMILES string of the molecule is C[n+]1ccnc2c(=O)[nH]c(=O)[nH]c21. The summed E-state index contributed by atoms with van der Waals surface area (Å²) >= 11 is 0. The molecule has 0 aromatic carbocycles. The summed E-state index contributed by atoms with van der Waals surface area (Å²) in [6, 6.07) is 0. The summed E-state index contributed by atoms with van der Waals surface area (Å²) in [5, 5.41) is 0. The van der Waals surface area contributed by atoms with Crippen molar-refractivity contribution in [3.8, 4) is 0 Å². The molecule has 0 aliphatic carbocycles. The minimum atomic E-state index is -0.527. The van der Waals surface area contributed by atoms with E-state index < -0.39 is 11.2 Å². The smallest absolute Gasteiger partial charge is 0.267 e. The molecule has 2 aromatic heterocycles. The van der Waals surface area contributed by atoms with E-state index in [4.69, 9.17) is 0 Å². The molecule has 2 N–H and O–H groups in total. The van der Waals surface area contributed by atoms with Gasteiger partial charge in [0.1, 0.15) is 6.20 Å². The first-order chi connectivity index (χ1) is 6.18. The highest BCUT2D eigenvalue weighted by atomic mass is 16.2. The zero-order chi connectivity index (χ0) is 9.42. The maximum absolute atomic E-state index is 11.2. The van der Waals surface area contributed by atoms with Crippen molar-refractivity contribution in [1.82, 2.24) is 15.0 Å². The van der Waals surface area contributed by atoms with E-state index in [0.717, 1.165) is 0 Å². The molecular weight excluding hydrogens is 172 g/mol. The Bertz CT molecular complexity index is 568. The normalized spacial score (nSPS) is 10.5. The van der Waals surface area contributed by atoms with Gasteiger partial charge in [-0.2, -0.15) is 4.98 Å². The molecule has 2 rings (SSSR count). The second-order valence-corrected chi connectivity index (χ2v) is 2.64. The third-order valence-electron chi connectivity index (χ3n) is 1.74. The highest BCUT2D eigenvalue weighted by Crippen LogP contribution is 1.89. The van der Waals surface area contributed by atoms with Gasteiger partial charge in [-0.1, -0.05) is 0 Å². The predicted octanol–water partition coefficient (Wildman–Crippen LogP) is -1.56. The maximum Gasteiger partial charge on any atom is 0.413 e. The topological polar surface area (TPSA) is 82.5 Å². The number of hydrogen-bond donors (Lipinski definition) is 2. The number of fused-ring (bicyclic) bond motifs is 1. The maximum atomic E-state index is 11.2. The Balaban J connectivity index is 3.12. The van der Waals surface area contributed by atoms with Gasteiger partial charge in [0.2, 0.25) is 5.52 Å². The number of nitrogens with zero attached hydrogens (tertiary/aromatic N) is 2. The van der Waals surface area contributed by atoms with Crippen molar-refractivity contribution in [3.63, 3.8) is 0 Å². The average molecular weight is 179 g/mol. The molecule has 0 aliphatic heterocycles. The third kappa shape index (κ3) is 1.12. The zero-order valence-electron chi connectivity index (χ0n) is 6.87. The fraction of sp³-hybridized carbons (Fsp3) is 0.143. The van der Waals surface area contributed by atoms with E-state index in [9.17, 15) is 9.59 Å². The molecule has 6 nitrogen and oxygen atoms in total. The molecular formula is C7H7N4O2+. The van der Waals surface area contributed by atoms with Crippen molar-refractivity contribution in [1.29, 1.82) is 0 Å². The van der Waals surface area contributed by atoms with Crippen LogP contribution in [0.2, 0.25) is 0 Å². The Morgan fingerprint density at radius 1 is 1.38 bits per heavy atom. The Kier molecular flexibility index (Phi) is 1.48. The Morgan fingerprint density at radius 2 is 2.15 bits per heavy atom. The van der Waals surface area contributed by atoms with Crippen molar-refractivity contribution in [2.24, 2.45) is 7.05 Å². The standard InChI is InChI=1S/C7H6N4O2/c1-11-3-2-8-4-5(11)9-7(13)10-6(4)12/h2-3H,1H3,(H,10,12,13)/p+1. The average Bonchev–Trinajstić information content (AvgIpc) is 2.07. The lowest BCUT2D eigenvalue weighted by Gasteiger charge is -1.92. The lowest BCUT2D eigenvalue weighted by atomic mass is 10.5. The molecule has 2 heterocycles. The summed E-state index contributed by atoms with van der Waals surface area (Å²) in [6.07, 6.45) is 3.15. The largest absolute Gasteiger partial charge is 0.413 e. The lowest BCUT2D eigenvalue weighted by molar-refractivity contribution is -0.647. The Hall–Kier alpha value is -1.98. The van der Waals surface area contributed by atoms with Crippen LogP contribution in [0.5, 0.6) is 0 Å². The van der Waals surface area contributed by atoms with Gasteiger partial charge in [-0.3, -0.25) is 9.78 Å². The van der Waals surface area contributed by atoms with Crippen molar-refractivity contribution >= 4 is 11.2 Å². The zero-order valence-corrected chi connectivity index (χ0v) is 6.87. The van der Waals surface area contributed by atoms with Gasteiger partial charge >= 0.3 is 11.3 Å². The predicted molar refractivity (Wildman–Crippen MR) is 44.2 cm³/mol. The number of hydrogen-bond acceptors (Lipinski definition) is 3. The van der Waals surface area contributed by atoms with Gasteiger partial charge in [-0.25, -0.2) is 14.3 Å². The number of rotatable bonds is 0. The molecule has 66 valence electrons. The first-order valence-corrected chi connectivity index (χ1v) is 3.65. The molecule has 13 heavy (non-hydrogen) atoms. The minimum Gasteiger partial charge on any atom is -0.267 e. The highest BCUT2D eigenvalue weighted by Gasteiger charge is 2.09. The van der Waals surface area contributed by atoms with Gasteiger partial charge in [0.25, 0.3) is 5.56 Å². The van der Waals surface area contributed by atoms with Crippen LogP contribution >= 0.6 is 0 Å². The molecule has 0 amide bonds. The minimum absolute atomic E-state index is 0.226. The van der Waals surface area contributed by atoms with Gasteiger partial charge < -0.3 is 0 Å². The van der Waals surface area contributed by atoms with Crippen LogP contribution in [0.4, 0.5) is 0 Å². The van der Waals surface area contributed by atoms with E-state index in [1.165, 1.54) is 6.20 Å². The quantitative estimate of drug-likeness (QED) is 0.479. The van der Waals surface area contributed by atoms with Gasteiger partial charge in [0.05, 0.1) is 13.2 Å². The molecule has 2 aromatic rings. The van der Waals surface area contributed by atoms with Crippen LogP contribution in [-0.4, -0.2) is 15.0 Å². The van der Waals surface area contributed by atoms with Crippen molar-refractivity contribution in [3.05, 3.63) is 33.2 Å². The Morgan fingerprint density at radius 3 is 2.92 bits per heavy atom. The van der Waals surface area contributed by atoms with E-state index in [-0.39, 0.29) is 5.52 Å². The van der Waals surface area contributed by atoms with Crippen LogP contribution in [0.3, 0.4) is 0 Å². The van der Waals surface area contributed by atoms with Crippen LogP contribution in [0, 0.1) is 0 Å². The van der Waals surface area contributed by atoms with Crippen LogP contribution in [0.25, 0.3) is 11.2 Å². The molecule has 0 radical (unpaired) electrons. The second kappa shape index (κ2) is 2.51. The summed E-state index contributed by atoms with van der Waals surface area (Å²) in [7, 11) is 1.72. The number of aryl methyl sites for hydroxylation is 1. The molecule has 0 saturated carbocycles. The number of aromatic nitrogens is 4. The van der Waals surface area contributed by atoms with Crippen LogP contribution in [-0.2, 0) is 7.05 Å². The number of nitrogens with one attached hydrogen (secondary N) is 2. The van der Waals surface area contributed by atoms with E-state index in [1.54, 1.807) is 17.8 Å². The van der Waals surface area contributed by atoms with E-state index in [0.29, 0.717) is 5.65 Å².